The number of likely N-dealkylation sites (tertiary alicyclic amines) is 1. The van der Waals surface area contributed by atoms with E-state index in [-0.39, 0.29) is 5.75 Å². The maximum Gasteiger partial charge on any atom is 0.143 e. The Labute approximate surface area is 113 Å². The topological polar surface area (TPSA) is 23.5 Å². The first-order chi connectivity index (χ1) is 7.58. The van der Waals surface area contributed by atoms with Crippen LogP contribution in [0.3, 0.4) is 0 Å². The minimum atomic E-state index is 0.289. The minimum absolute atomic E-state index is 0.289. The van der Waals surface area contributed by atoms with Gasteiger partial charge in [-0.25, -0.2) is 0 Å². The number of hydrogen-bond acceptors (Lipinski definition) is 2. The largest absolute Gasteiger partial charge is 0.506 e. The summed E-state index contributed by atoms with van der Waals surface area (Å²) in [6, 6.07) is 4.08. The molecule has 1 aliphatic rings. The number of piperidine rings is 1. The zero-order chi connectivity index (χ0) is 11.7. The molecule has 1 fully saturated rings. The van der Waals surface area contributed by atoms with Gasteiger partial charge in [0.05, 0.1) is 8.95 Å². The van der Waals surface area contributed by atoms with E-state index < -0.39 is 0 Å². The van der Waals surface area contributed by atoms with E-state index in [0.29, 0.717) is 5.92 Å². The van der Waals surface area contributed by atoms with E-state index in [1.165, 1.54) is 18.4 Å². The van der Waals surface area contributed by atoms with Gasteiger partial charge >= 0.3 is 0 Å². The van der Waals surface area contributed by atoms with Crippen LogP contribution in [0, 0.1) is 0 Å². The van der Waals surface area contributed by atoms with Crippen molar-refractivity contribution in [3.8, 4) is 5.75 Å². The van der Waals surface area contributed by atoms with Gasteiger partial charge < -0.3 is 10.0 Å². The Balaban J connectivity index is 2.21. The van der Waals surface area contributed by atoms with Gasteiger partial charge in [-0.1, -0.05) is 0 Å². The number of aromatic hydroxyl groups is 1. The fourth-order valence-electron chi connectivity index (χ4n) is 2.16. The number of benzene rings is 1. The van der Waals surface area contributed by atoms with Gasteiger partial charge in [0.25, 0.3) is 0 Å². The quantitative estimate of drug-likeness (QED) is 0.835. The molecular formula is C12H15Br2NO. The summed E-state index contributed by atoms with van der Waals surface area (Å²) >= 11 is 6.77. The van der Waals surface area contributed by atoms with E-state index in [4.69, 9.17) is 0 Å². The second kappa shape index (κ2) is 5.07. The smallest absolute Gasteiger partial charge is 0.143 e. The van der Waals surface area contributed by atoms with E-state index in [1.807, 2.05) is 12.1 Å². The molecule has 0 atom stereocenters. The van der Waals surface area contributed by atoms with Crippen molar-refractivity contribution in [2.75, 3.05) is 20.1 Å². The first-order valence-electron chi connectivity index (χ1n) is 5.44. The van der Waals surface area contributed by atoms with Crippen LogP contribution >= 0.6 is 31.9 Å². The molecule has 1 saturated heterocycles. The molecule has 2 nitrogen and oxygen atoms in total. The lowest BCUT2D eigenvalue weighted by Crippen LogP contribution is -2.29. The molecule has 0 amide bonds. The van der Waals surface area contributed by atoms with Gasteiger partial charge in [-0.2, -0.15) is 0 Å². The number of phenols is 1. The lowest BCUT2D eigenvalue weighted by atomic mass is 9.90. The maximum atomic E-state index is 9.67. The highest BCUT2D eigenvalue weighted by molar-refractivity contribution is 9.11. The summed E-state index contributed by atoms with van der Waals surface area (Å²) < 4.78 is 1.55. The molecule has 88 valence electrons. The van der Waals surface area contributed by atoms with Gasteiger partial charge in [0.15, 0.2) is 0 Å². The molecule has 0 spiro atoms. The third-order valence-corrected chi connectivity index (χ3v) is 4.44. The Hall–Kier alpha value is -0.0600. The van der Waals surface area contributed by atoms with Gasteiger partial charge in [0, 0.05) is 0 Å². The summed E-state index contributed by atoms with van der Waals surface area (Å²) in [4.78, 5) is 2.36. The summed E-state index contributed by atoms with van der Waals surface area (Å²) in [5.74, 6) is 0.904. The summed E-state index contributed by atoms with van der Waals surface area (Å²) in [5.41, 5.74) is 1.31. The van der Waals surface area contributed by atoms with Crippen molar-refractivity contribution in [3.05, 3.63) is 26.6 Å². The standard InChI is InChI=1S/C12H15Br2NO/c1-15-4-2-8(3-5-15)9-6-10(13)12(16)11(14)7-9/h6-8,16H,2-5H2,1H3. The summed E-state index contributed by atoms with van der Waals surface area (Å²) in [6.07, 6.45) is 2.39. The van der Waals surface area contributed by atoms with Crippen molar-refractivity contribution in [2.24, 2.45) is 0 Å². The van der Waals surface area contributed by atoms with Gasteiger partial charge in [-0.3, -0.25) is 0 Å². The Morgan fingerprint density at radius 3 is 2.19 bits per heavy atom. The van der Waals surface area contributed by atoms with Gasteiger partial charge in [0.1, 0.15) is 5.75 Å². The van der Waals surface area contributed by atoms with Crippen LogP contribution in [0.4, 0.5) is 0 Å². The minimum Gasteiger partial charge on any atom is -0.506 e. The Bertz CT molecular complexity index is 364. The van der Waals surface area contributed by atoms with Crippen LogP contribution in [-0.2, 0) is 0 Å². The lowest BCUT2D eigenvalue weighted by Gasteiger charge is -2.29. The highest BCUT2D eigenvalue weighted by atomic mass is 79.9. The van der Waals surface area contributed by atoms with Crippen LogP contribution in [0.1, 0.15) is 24.3 Å². The van der Waals surface area contributed by atoms with E-state index >= 15 is 0 Å². The molecule has 2 rings (SSSR count). The van der Waals surface area contributed by atoms with Crippen LogP contribution in [0.25, 0.3) is 0 Å². The highest BCUT2D eigenvalue weighted by Crippen LogP contribution is 2.37. The zero-order valence-corrected chi connectivity index (χ0v) is 12.4. The molecule has 0 bridgehead atoms. The SMILES string of the molecule is CN1CCC(c2cc(Br)c(O)c(Br)c2)CC1. The second-order valence-corrected chi connectivity index (χ2v) is 6.12. The first kappa shape index (κ1) is 12.4. The molecule has 1 aromatic rings. The average molecular weight is 349 g/mol. The molecule has 0 radical (unpaired) electrons. The van der Waals surface area contributed by atoms with Crippen molar-refractivity contribution in [2.45, 2.75) is 18.8 Å². The van der Waals surface area contributed by atoms with Crippen molar-refractivity contribution >= 4 is 31.9 Å². The molecule has 1 N–H and O–H groups in total. The summed E-state index contributed by atoms with van der Waals surface area (Å²) in [5, 5.41) is 9.67. The van der Waals surface area contributed by atoms with Gasteiger partial charge in [-0.05, 0) is 88.5 Å². The molecule has 1 aromatic carbocycles. The van der Waals surface area contributed by atoms with Gasteiger partial charge in [-0.15, -0.1) is 0 Å². The van der Waals surface area contributed by atoms with Crippen LogP contribution in [0.15, 0.2) is 21.1 Å². The fourth-order valence-corrected chi connectivity index (χ4v) is 3.38. The Morgan fingerprint density at radius 2 is 1.69 bits per heavy atom. The molecule has 0 aromatic heterocycles. The summed E-state index contributed by atoms with van der Waals surface area (Å²) in [7, 11) is 2.17. The predicted octanol–water partition coefficient (Wildman–Crippen LogP) is 3.73. The summed E-state index contributed by atoms with van der Waals surface area (Å²) in [6.45, 7) is 2.31. The van der Waals surface area contributed by atoms with Crippen LogP contribution in [-0.4, -0.2) is 30.1 Å². The van der Waals surface area contributed by atoms with E-state index in [0.717, 1.165) is 22.0 Å². The van der Waals surface area contributed by atoms with Crippen LogP contribution < -0.4 is 0 Å². The van der Waals surface area contributed by atoms with Crippen LogP contribution in [0.5, 0.6) is 5.75 Å². The molecule has 0 aliphatic carbocycles. The van der Waals surface area contributed by atoms with E-state index in [1.54, 1.807) is 0 Å². The average Bonchev–Trinajstić information content (AvgIpc) is 2.26. The molecule has 0 saturated carbocycles. The Morgan fingerprint density at radius 1 is 1.19 bits per heavy atom. The highest BCUT2D eigenvalue weighted by Gasteiger charge is 2.19. The van der Waals surface area contributed by atoms with Crippen molar-refractivity contribution in [3.63, 3.8) is 0 Å². The number of rotatable bonds is 1. The van der Waals surface area contributed by atoms with Crippen molar-refractivity contribution in [1.82, 2.24) is 4.90 Å². The number of hydrogen-bond donors (Lipinski definition) is 1. The van der Waals surface area contributed by atoms with E-state index in [9.17, 15) is 5.11 Å². The number of phenolic OH excluding ortho intramolecular Hbond substituents is 1. The van der Waals surface area contributed by atoms with Gasteiger partial charge in [0.2, 0.25) is 0 Å². The number of nitrogens with zero attached hydrogens (tertiary/aromatic N) is 1. The van der Waals surface area contributed by atoms with E-state index in [2.05, 4.69) is 43.8 Å². The normalized spacial score (nSPS) is 18.9. The second-order valence-electron chi connectivity index (χ2n) is 4.41. The molecular weight excluding hydrogens is 334 g/mol. The van der Waals surface area contributed by atoms with Crippen molar-refractivity contribution < 1.29 is 5.11 Å². The first-order valence-corrected chi connectivity index (χ1v) is 7.03. The monoisotopic (exact) mass is 347 g/mol. The third-order valence-electron chi connectivity index (χ3n) is 3.23. The molecule has 4 heteroatoms. The van der Waals surface area contributed by atoms with Crippen molar-refractivity contribution in [1.29, 1.82) is 0 Å². The predicted molar refractivity (Wildman–Crippen MR) is 73.0 cm³/mol. The fraction of sp³-hybridized carbons (Fsp3) is 0.500. The molecule has 0 unspecified atom stereocenters. The third kappa shape index (κ3) is 2.60. The maximum absolute atomic E-state index is 9.67. The zero-order valence-electron chi connectivity index (χ0n) is 9.21. The Kier molecular flexibility index (Phi) is 3.93. The molecule has 1 aliphatic heterocycles. The number of halogens is 2. The molecule has 1 heterocycles. The van der Waals surface area contributed by atoms with Crippen LogP contribution in [0.2, 0.25) is 0 Å². The molecule has 16 heavy (non-hydrogen) atoms. The lowest BCUT2D eigenvalue weighted by molar-refractivity contribution is 0.255.